The monoisotopic (exact) mass is 271 g/mol. The number of nitrogens with one attached hydrogen (secondary N) is 2. The van der Waals surface area contributed by atoms with Crippen molar-refractivity contribution in [2.45, 2.75) is 18.9 Å². The van der Waals surface area contributed by atoms with Gasteiger partial charge in [-0.2, -0.15) is 0 Å². The van der Waals surface area contributed by atoms with Crippen LogP contribution in [0.5, 0.6) is 5.75 Å². The van der Waals surface area contributed by atoms with Crippen LogP contribution >= 0.6 is 0 Å². The highest BCUT2D eigenvalue weighted by Gasteiger charge is 2.20. The average Bonchev–Trinajstić information content (AvgIpc) is 2.90. The molecule has 0 aliphatic carbocycles. The standard InChI is InChI=1S/C15H17N3O2/c1-20-13-4-2-3-12-11(13)7-8-16-15(12)17-9-10-5-6-14(19)18-10/h2-4,7-8,10H,5-6,9H2,1H3,(H,16,17)(H,18,19). The van der Waals surface area contributed by atoms with Gasteiger partial charge in [-0.05, 0) is 18.6 Å². The summed E-state index contributed by atoms with van der Waals surface area (Å²) in [4.78, 5) is 15.6. The van der Waals surface area contributed by atoms with Gasteiger partial charge in [0.15, 0.2) is 0 Å². The maximum absolute atomic E-state index is 11.2. The minimum Gasteiger partial charge on any atom is -0.496 e. The van der Waals surface area contributed by atoms with Crippen LogP contribution in [0.2, 0.25) is 0 Å². The molecule has 1 unspecified atom stereocenters. The van der Waals surface area contributed by atoms with Gasteiger partial charge in [-0.25, -0.2) is 4.98 Å². The van der Waals surface area contributed by atoms with E-state index in [9.17, 15) is 4.79 Å². The molecule has 1 fully saturated rings. The van der Waals surface area contributed by atoms with Crippen molar-refractivity contribution in [3.63, 3.8) is 0 Å². The Morgan fingerprint density at radius 2 is 2.30 bits per heavy atom. The number of pyridine rings is 1. The van der Waals surface area contributed by atoms with Crippen molar-refractivity contribution in [2.24, 2.45) is 0 Å². The van der Waals surface area contributed by atoms with Crippen LogP contribution in [0.15, 0.2) is 30.5 Å². The zero-order chi connectivity index (χ0) is 13.9. The fraction of sp³-hybridized carbons (Fsp3) is 0.333. The van der Waals surface area contributed by atoms with Crippen molar-refractivity contribution in [3.8, 4) is 5.75 Å². The molecule has 1 aromatic carbocycles. The fourth-order valence-electron chi connectivity index (χ4n) is 2.55. The normalized spacial score (nSPS) is 18.1. The number of anilines is 1. The van der Waals surface area contributed by atoms with Gasteiger partial charge in [-0.3, -0.25) is 4.79 Å². The Labute approximate surface area is 117 Å². The summed E-state index contributed by atoms with van der Waals surface area (Å²) >= 11 is 0. The number of hydrogen-bond acceptors (Lipinski definition) is 4. The summed E-state index contributed by atoms with van der Waals surface area (Å²) in [6.45, 7) is 0.690. The molecule has 0 radical (unpaired) electrons. The van der Waals surface area contributed by atoms with Crippen molar-refractivity contribution in [2.75, 3.05) is 19.0 Å². The highest BCUT2D eigenvalue weighted by molar-refractivity contribution is 5.95. The van der Waals surface area contributed by atoms with Crippen molar-refractivity contribution in [1.82, 2.24) is 10.3 Å². The van der Waals surface area contributed by atoms with Crippen LogP contribution in [-0.2, 0) is 4.79 Å². The minimum absolute atomic E-state index is 0.129. The van der Waals surface area contributed by atoms with Crippen molar-refractivity contribution < 1.29 is 9.53 Å². The molecule has 2 heterocycles. The van der Waals surface area contributed by atoms with Gasteiger partial charge in [0, 0.05) is 36.0 Å². The van der Waals surface area contributed by atoms with Crippen LogP contribution in [0.25, 0.3) is 10.8 Å². The number of hydrogen-bond donors (Lipinski definition) is 2. The van der Waals surface area contributed by atoms with E-state index in [1.54, 1.807) is 13.3 Å². The van der Waals surface area contributed by atoms with Gasteiger partial charge < -0.3 is 15.4 Å². The molecule has 1 atom stereocenters. The Morgan fingerprint density at radius 3 is 3.05 bits per heavy atom. The van der Waals surface area contributed by atoms with E-state index in [0.717, 1.165) is 28.8 Å². The smallest absolute Gasteiger partial charge is 0.220 e. The third-order valence-corrected chi connectivity index (χ3v) is 3.59. The van der Waals surface area contributed by atoms with Gasteiger partial charge in [0.05, 0.1) is 7.11 Å². The summed E-state index contributed by atoms with van der Waals surface area (Å²) in [7, 11) is 1.66. The summed E-state index contributed by atoms with van der Waals surface area (Å²) in [5, 5.41) is 8.32. The summed E-state index contributed by atoms with van der Waals surface area (Å²) in [5.41, 5.74) is 0. The molecule has 3 rings (SSSR count). The number of aromatic nitrogens is 1. The average molecular weight is 271 g/mol. The van der Waals surface area contributed by atoms with E-state index in [0.29, 0.717) is 13.0 Å². The molecule has 0 bridgehead atoms. The van der Waals surface area contributed by atoms with Crippen LogP contribution in [-0.4, -0.2) is 30.6 Å². The van der Waals surface area contributed by atoms with Crippen molar-refractivity contribution in [1.29, 1.82) is 0 Å². The first-order valence-corrected chi connectivity index (χ1v) is 6.73. The summed E-state index contributed by atoms with van der Waals surface area (Å²) in [5.74, 6) is 1.79. The molecule has 5 nitrogen and oxygen atoms in total. The molecule has 104 valence electrons. The topological polar surface area (TPSA) is 63.2 Å². The maximum Gasteiger partial charge on any atom is 0.220 e. The quantitative estimate of drug-likeness (QED) is 0.892. The Hall–Kier alpha value is -2.30. The van der Waals surface area contributed by atoms with E-state index in [-0.39, 0.29) is 11.9 Å². The number of carbonyl (C=O) groups excluding carboxylic acids is 1. The van der Waals surface area contributed by atoms with Crippen molar-refractivity contribution in [3.05, 3.63) is 30.5 Å². The van der Waals surface area contributed by atoms with E-state index in [2.05, 4.69) is 15.6 Å². The van der Waals surface area contributed by atoms with Crippen LogP contribution in [0.1, 0.15) is 12.8 Å². The molecular weight excluding hydrogens is 254 g/mol. The Bertz CT molecular complexity index is 642. The number of fused-ring (bicyclic) bond motifs is 1. The first-order valence-electron chi connectivity index (χ1n) is 6.73. The number of ether oxygens (including phenoxy) is 1. The lowest BCUT2D eigenvalue weighted by Gasteiger charge is -2.14. The molecule has 20 heavy (non-hydrogen) atoms. The van der Waals surface area contributed by atoms with E-state index in [1.807, 2.05) is 24.3 Å². The van der Waals surface area contributed by atoms with Gasteiger partial charge in [0.25, 0.3) is 0 Å². The molecular formula is C15H17N3O2. The first-order chi connectivity index (χ1) is 9.78. The zero-order valence-electron chi connectivity index (χ0n) is 11.3. The lowest BCUT2D eigenvalue weighted by molar-refractivity contribution is -0.119. The second-order valence-corrected chi connectivity index (χ2v) is 4.90. The van der Waals surface area contributed by atoms with Crippen molar-refractivity contribution >= 4 is 22.5 Å². The predicted molar refractivity (Wildman–Crippen MR) is 77.9 cm³/mol. The summed E-state index contributed by atoms with van der Waals surface area (Å²) < 4.78 is 5.36. The molecule has 1 amide bonds. The SMILES string of the molecule is COc1cccc2c(NCC3CCC(=O)N3)nccc12. The van der Waals surface area contributed by atoms with Crippen LogP contribution in [0.4, 0.5) is 5.82 Å². The lowest BCUT2D eigenvalue weighted by atomic mass is 10.1. The fourth-order valence-corrected chi connectivity index (χ4v) is 2.55. The third kappa shape index (κ3) is 2.39. The molecule has 2 N–H and O–H groups in total. The molecule has 5 heteroatoms. The third-order valence-electron chi connectivity index (χ3n) is 3.59. The molecule has 0 saturated carbocycles. The van der Waals surface area contributed by atoms with E-state index in [1.165, 1.54) is 0 Å². The molecule has 1 aliphatic rings. The maximum atomic E-state index is 11.2. The Morgan fingerprint density at radius 1 is 1.40 bits per heavy atom. The molecule has 2 aromatic rings. The minimum atomic E-state index is 0.129. The Balaban J connectivity index is 1.82. The van der Waals surface area contributed by atoms with Crippen LogP contribution in [0.3, 0.4) is 0 Å². The van der Waals surface area contributed by atoms with Crippen LogP contribution in [0, 0.1) is 0 Å². The van der Waals surface area contributed by atoms with Gasteiger partial charge in [-0.1, -0.05) is 12.1 Å². The van der Waals surface area contributed by atoms with Gasteiger partial charge in [-0.15, -0.1) is 0 Å². The number of carbonyl (C=O) groups is 1. The molecule has 1 aliphatic heterocycles. The zero-order valence-corrected chi connectivity index (χ0v) is 11.3. The van der Waals surface area contributed by atoms with Gasteiger partial charge in [0.2, 0.25) is 5.91 Å². The second-order valence-electron chi connectivity index (χ2n) is 4.90. The number of rotatable bonds is 4. The van der Waals surface area contributed by atoms with Gasteiger partial charge in [0.1, 0.15) is 11.6 Å². The number of benzene rings is 1. The number of nitrogens with zero attached hydrogens (tertiary/aromatic N) is 1. The highest BCUT2D eigenvalue weighted by Crippen LogP contribution is 2.29. The van der Waals surface area contributed by atoms with E-state index >= 15 is 0 Å². The second kappa shape index (κ2) is 5.36. The Kier molecular flexibility index (Phi) is 3.41. The summed E-state index contributed by atoms with van der Waals surface area (Å²) in [6.07, 6.45) is 3.25. The number of amides is 1. The molecule has 1 aromatic heterocycles. The van der Waals surface area contributed by atoms with E-state index < -0.39 is 0 Å². The molecule has 1 saturated heterocycles. The predicted octanol–water partition coefficient (Wildman–Crippen LogP) is 1.93. The summed E-state index contributed by atoms with van der Waals surface area (Å²) in [6, 6.07) is 8.02. The first kappa shape index (κ1) is 12.7. The lowest BCUT2D eigenvalue weighted by Crippen LogP contribution is -2.32. The molecule has 0 spiro atoms. The van der Waals surface area contributed by atoms with E-state index in [4.69, 9.17) is 4.74 Å². The highest BCUT2D eigenvalue weighted by atomic mass is 16.5. The largest absolute Gasteiger partial charge is 0.496 e. The van der Waals surface area contributed by atoms with Gasteiger partial charge >= 0.3 is 0 Å². The number of methoxy groups -OCH3 is 1. The van der Waals surface area contributed by atoms with Crippen LogP contribution < -0.4 is 15.4 Å².